The molecule has 6 heteroatoms. The molecule has 1 aliphatic heterocycles. The number of hydrogen-bond donors (Lipinski definition) is 0. The summed E-state index contributed by atoms with van der Waals surface area (Å²) in [5.74, 6) is 1.11. The predicted molar refractivity (Wildman–Crippen MR) is 75.9 cm³/mol. The van der Waals surface area contributed by atoms with Gasteiger partial charge in [0.25, 0.3) is 0 Å². The van der Waals surface area contributed by atoms with Crippen LogP contribution in [0.15, 0.2) is 28.5 Å². The Kier molecular flexibility index (Phi) is 3.82. The second-order valence-corrected chi connectivity index (χ2v) is 5.89. The Labute approximate surface area is 121 Å². The van der Waals surface area contributed by atoms with Gasteiger partial charge >= 0.3 is 0 Å². The molecule has 2 aromatic rings. The quantitative estimate of drug-likeness (QED) is 0.813. The molecule has 3 rings (SSSR count). The lowest BCUT2D eigenvalue weighted by atomic mass is 10.2. The number of carbonyl (C=O) groups is 1. The zero-order valence-corrected chi connectivity index (χ0v) is 12.2. The van der Waals surface area contributed by atoms with Crippen LogP contribution in [-0.2, 0) is 13.0 Å². The molecule has 0 aromatic carbocycles. The Morgan fingerprint density at radius 1 is 1.30 bits per heavy atom. The fraction of sp³-hybridized carbons (Fsp3) is 0.429. The normalized spacial score (nSPS) is 14.7. The molecule has 0 spiro atoms. The second-order valence-electron chi connectivity index (χ2n) is 4.90. The summed E-state index contributed by atoms with van der Waals surface area (Å²) in [5.41, 5.74) is 0.679. The monoisotopic (exact) mass is 288 g/mol. The second kappa shape index (κ2) is 5.75. The van der Waals surface area contributed by atoms with Crippen LogP contribution in [0.5, 0.6) is 0 Å². The van der Waals surface area contributed by atoms with Crippen LogP contribution in [0.1, 0.15) is 42.4 Å². The Morgan fingerprint density at radius 3 is 3.05 bits per heavy atom. The molecule has 0 radical (unpaired) electrons. The first-order valence-electron chi connectivity index (χ1n) is 6.81. The molecule has 0 saturated heterocycles. The molecule has 0 aliphatic carbocycles. The average molecular weight is 288 g/mol. The number of fused-ring (bicyclic) bond motifs is 1. The highest BCUT2D eigenvalue weighted by Gasteiger charge is 2.16. The maximum atomic E-state index is 11.4. The van der Waals surface area contributed by atoms with Crippen molar-refractivity contribution in [2.75, 3.05) is 0 Å². The van der Waals surface area contributed by atoms with Crippen LogP contribution in [0.25, 0.3) is 0 Å². The van der Waals surface area contributed by atoms with Crippen LogP contribution in [0.4, 0.5) is 0 Å². The minimum Gasteiger partial charge on any atom is -0.306 e. The summed E-state index contributed by atoms with van der Waals surface area (Å²) in [6, 6.07) is 3.54. The van der Waals surface area contributed by atoms with E-state index in [1.54, 1.807) is 19.2 Å². The smallest absolute Gasteiger partial charge is 0.197 e. The standard InChI is InChI=1S/C14H16N4OS/c1-10(19)11-6-7-15-13(9-11)20-14-17-16-12-5-3-2-4-8-18(12)14/h6-7,9H,2-5,8H2,1H3. The first kappa shape index (κ1) is 13.3. The highest BCUT2D eigenvalue weighted by Crippen LogP contribution is 2.27. The fourth-order valence-corrected chi connectivity index (χ4v) is 3.19. The van der Waals surface area contributed by atoms with Crippen LogP contribution in [0.3, 0.4) is 0 Å². The van der Waals surface area contributed by atoms with Crippen molar-refractivity contribution < 1.29 is 4.79 Å². The first-order chi connectivity index (χ1) is 9.74. The van der Waals surface area contributed by atoms with E-state index < -0.39 is 0 Å². The highest BCUT2D eigenvalue weighted by atomic mass is 32.2. The minimum absolute atomic E-state index is 0.0503. The van der Waals surface area contributed by atoms with E-state index in [0.717, 1.165) is 29.0 Å². The molecule has 0 N–H and O–H groups in total. The van der Waals surface area contributed by atoms with E-state index in [4.69, 9.17) is 0 Å². The maximum absolute atomic E-state index is 11.4. The molecular formula is C14H16N4OS. The Bertz CT molecular complexity index is 638. The van der Waals surface area contributed by atoms with Crippen molar-refractivity contribution in [1.82, 2.24) is 19.7 Å². The average Bonchev–Trinajstić information content (AvgIpc) is 2.68. The van der Waals surface area contributed by atoms with Crippen LogP contribution in [-0.4, -0.2) is 25.5 Å². The molecule has 1 aliphatic rings. The molecule has 0 bridgehead atoms. The van der Waals surface area contributed by atoms with Crippen molar-refractivity contribution in [3.63, 3.8) is 0 Å². The molecule has 3 heterocycles. The van der Waals surface area contributed by atoms with Crippen molar-refractivity contribution in [3.8, 4) is 0 Å². The van der Waals surface area contributed by atoms with Crippen LogP contribution in [0.2, 0.25) is 0 Å². The van der Waals surface area contributed by atoms with Crippen molar-refractivity contribution >= 4 is 17.5 Å². The lowest BCUT2D eigenvalue weighted by molar-refractivity contribution is 0.101. The van der Waals surface area contributed by atoms with Gasteiger partial charge in [0.2, 0.25) is 0 Å². The number of ketones is 1. The molecule has 20 heavy (non-hydrogen) atoms. The summed E-state index contributed by atoms with van der Waals surface area (Å²) in [5, 5.41) is 10.2. The number of nitrogens with zero attached hydrogens (tertiary/aromatic N) is 4. The summed E-state index contributed by atoms with van der Waals surface area (Å²) >= 11 is 1.48. The minimum atomic E-state index is 0.0503. The molecule has 5 nitrogen and oxygen atoms in total. The van der Waals surface area contributed by atoms with Crippen molar-refractivity contribution in [2.24, 2.45) is 0 Å². The van der Waals surface area contributed by atoms with Gasteiger partial charge in [-0.15, -0.1) is 10.2 Å². The van der Waals surface area contributed by atoms with Crippen molar-refractivity contribution in [1.29, 1.82) is 0 Å². The van der Waals surface area contributed by atoms with Crippen LogP contribution >= 0.6 is 11.8 Å². The maximum Gasteiger partial charge on any atom is 0.197 e. The third-order valence-electron chi connectivity index (χ3n) is 3.41. The number of aromatic nitrogens is 4. The summed E-state index contributed by atoms with van der Waals surface area (Å²) < 4.78 is 2.18. The summed E-state index contributed by atoms with van der Waals surface area (Å²) in [6.07, 6.45) is 6.25. The third-order valence-corrected chi connectivity index (χ3v) is 4.33. The molecule has 0 amide bonds. The Balaban J connectivity index is 1.86. The largest absolute Gasteiger partial charge is 0.306 e. The van der Waals surface area contributed by atoms with Crippen LogP contribution < -0.4 is 0 Å². The zero-order chi connectivity index (χ0) is 13.9. The number of pyridine rings is 1. The molecule has 0 saturated carbocycles. The number of Topliss-reactive ketones (excluding diaryl/α,β-unsaturated/α-hetero) is 1. The van der Waals surface area contributed by atoms with E-state index in [2.05, 4.69) is 19.7 Å². The van der Waals surface area contributed by atoms with Gasteiger partial charge in [0, 0.05) is 24.7 Å². The van der Waals surface area contributed by atoms with Crippen LogP contribution in [0, 0.1) is 0 Å². The fourth-order valence-electron chi connectivity index (χ4n) is 2.31. The number of rotatable bonds is 3. The van der Waals surface area contributed by atoms with E-state index in [1.165, 1.54) is 31.0 Å². The summed E-state index contributed by atoms with van der Waals surface area (Å²) in [4.78, 5) is 15.7. The summed E-state index contributed by atoms with van der Waals surface area (Å²) in [7, 11) is 0. The van der Waals surface area contributed by atoms with E-state index in [9.17, 15) is 4.79 Å². The highest BCUT2D eigenvalue weighted by molar-refractivity contribution is 7.99. The van der Waals surface area contributed by atoms with E-state index in [0.29, 0.717) is 5.56 Å². The van der Waals surface area contributed by atoms with Gasteiger partial charge in [-0.3, -0.25) is 4.79 Å². The van der Waals surface area contributed by atoms with Gasteiger partial charge in [0.05, 0.1) is 0 Å². The van der Waals surface area contributed by atoms with Crippen molar-refractivity contribution in [2.45, 2.75) is 49.3 Å². The van der Waals surface area contributed by atoms with Gasteiger partial charge in [0.1, 0.15) is 10.9 Å². The van der Waals surface area contributed by atoms with E-state index in [1.807, 2.05) is 6.07 Å². The van der Waals surface area contributed by atoms with Gasteiger partial charge in [0.15, 0.2) is 10.9 Å². The molecule has 0 unspecified atom stereocenters. The van der Waals surface area contributed by atoms with E-state index in [-0.39, 0.29) is 5.78 Å². The molecule has 2 aromatic heterocycles. The van der Waals surface area contributed by atoms with Gasteiger partial charge in [-0.25, -0.2) is 4.98 Å². The van der Waals surface area contributed by atoms with Gasteiger partial charge in [-0.2, -0.15) is 0 Å². The topological polar surface area (TPSA) is 60.7 Å². The number of hydrogen-bond acceptors (Lipinski definition) is 5. The Morgan fingerprint density at radius 2 is 2.20 bits per heavy atom. The van der Waals surface area contributed by atoms with Crippen molar-refractivity contribution in [3.05, 3.63) is 29.7 Å². The lowest BCUT2D eigenvalue weighted by Gasteiger charge is -2.06. The third kappa shape index (κ3) is 2.75. The van der Waals surface area contributed by atoms with Gasteiger partial charge < -0.3 is 4.57 Å². The van der Waals surface area contributed by atoms with Gasteiger partial charge in [-0.05, 0) is 43.7 Å². The molecular weight excluding hydrogens is 272 g/mol. The van der Waals surface area contributed by atoms with Gasteiger partial charge in [-0.1, -0.05) is 6.42 Å². The predicted octanol–water partition coefficient (Wildman–Crippen LogP) is 2.75. The lowest BCUT2D eigenvalue weighted by Crippen LogP contribution is -2.02. The van der Waals surface area contributed by atoms with E-state index >= 15 is 0 Å². The molecule has 0 atom stereocenters. The summed E-state index contributed by atoms with van der Waals surface area (Å²) in [6.45, 7) is 2.53. The Hall–Kier alpha value is -1.69. The zero-order valence-electron chi connectivity index (χ0n) is 11.4. The first-order valence-corrected chi connectivity index (χ1v) is 7.62. The number of aryl methyl sites for hydroxylation is 1. The molecule has 104 valence electrons. The molecule has 0 fully saturated rings. The number of carbonyl (C=O) groups excluding carboxylic acids is 1. The SMILES string of the molecule is CC(=O)c1ccnc(Sc2nnc3n2CCCCC3)c1.